The number of benzene rings is 2. The zero-order valence-corrected chi connectivity index (χ0v) is 14.6. The van der Waals surface area contributed by atoms with Crippen molar-refractivity contribution in [2.45, 2.75) is 4.90 Å². The highest BCUT2D eigenvalue weighted by atomic mass is 32.2. The molecule has 3 aromatic rings. The monoisotopic (exact) mass is 369 g/mol. The summed E-state index contributed by atoms with van der Waals surface area (Å²) in [4.78, 5) is 23.3. The third-order valence-corrected chi connectivity index (χ3v) is 5.63. The van der Waals surface area contributed by atoms with Gasteiger partial charge in [-0.05, 0) is 24.3 Å². The normalized spacial score (nSPS) is 11.7. The maximum absolute atomic E-state index is 13.1. The molecule has 0 saturated carbocycles. The van der Waals surface area contributed by atoms with Crippen LogP contribution < -0.4 is 0 Å². The maximum atomic E-state index is 13.1. The molecule has 0 bridgehead atoms. The second kappa shape index (κ2) is 6.97. The molecule has 26 heavy (non-hydrogen) atoms. The molecule has 3 rings (SSSR count). The van der Waals surface area contributed by atoms with Crippen molar-refractivity contribution in [3.8, 4) is 0 Å². The Morgan fingerprint density at radius 2 is 1.69 bits per heavy atom. The molecule has 0 aliphatic carbocycles. The summed E-state index contributed by atoms with van der Waals surface area (Å²) in [6, 6.07) is 14.6. The van der Waals surface area contributed by atoms with E-state index in [2.05, 4.69) is 4.74 Å². The molecule has 0 fully saturated rings. The summed E-state index contributed by atoms with van der Waals surface area (Å²) in [5, 5.41) is 0.536. The molecule has 0 amide bonds. The highest BCUT2D eigenvalue weighted by Gasteiger charge is 2.25. The molecule has 0 N–H and O–H groups in total. The van der Waals surface area contributed by atoms with Crippen LogP contribution in [0, 0.1) is 0 Å². The zero-order valence-electron chi connectivity index (χ0n) is 13.8. The van der Waals surface area contributed by atoms with Crippen molar-refractivity contribution in [2.24, 2.45) is 0 Å². The quantitative estimate of drug-likeness (QED) is 0.392. The highest BCUT2D eigenvalue weighted by Crippen LogP contribution is 2.30. The van der Waals surface area contributed by atoms with Gasteiger partial charge in [0.25, 0.3) is 10.0 Å². The van der Waals surface area contributed by atoms with Crippen molar-refractivity contribution in [3.63, 3.8) is 0 Å². The highest BCUT2D eigenvalue weighted by molar-refractivity contribution is 7.90. The van der Waals surface area contributed by atoms with Gasteiger partial charge in [-0.25, -0.2) is 17.2 Å². The van der Waals surface area contributed by atoms with E-state index in [1.165, 1.54) is 25.3 Å². The first-order valence-corrected chi connectivity index (χ1v) is 9.10. The van der Waals surface area contributed by atoms with Crippen molar-refractivity contribution in [2.75, 3.05) is 7.11 Å². The van der Waals surface area contributed by atoms with Gasteiger partial charge in [0.2, 0.25) is 0 Å². The van der Waals surface area contributed by atoms with Gasteiger partial charge < -0.3 is 4.74 Å². The lowest BCUT2D eigenvalue weighted by molar-refractivity contribution is -0.134. The fourth-order valence-corrected chi connectivity index (χ4v) is 4.25. The summed E-state index contributed by atoms with van der Waals surface area (Å²) in [6.07, 6.45) is 3.00. The van der Waals surface area contributed by atoms with E-state index < -0.39 is 16.0 Å². The minimum absolute atomic E-state index is 0.0600. The molecule has 0 aliphatic heterocycles. The summed E-state index contributed by atoms with van der Waals surface area (Å²) in [5.41, 5.74) is 0.624. The Morgan fingerprint density at radius 1 is 1.04 bits per heavy atom. The second-order valence-electron chi connectivity index (χ2n) is 5.37. The fourth-order valence-electron chi connectivity index (χ4n) is 2.72. The number of aromatic nitrogens is 1. The third kappa shape index (κ3) is 2.93. The van der Waals surface area contributed by atoms with E-state index in [0.29, 0.717) is 22.8 Å². The number of carbonyl (C=O) groups is 2. The van der Waals surface area contributed by atoms with E-state index in [9.17, 15) is 18.0 Å². The van der Waals surface area contributed by atoms with Crippen LogP contribution in [0.5, 0.6) is 0 Å². The second-order valence-corrected chi connectivity index (χ2v) is 7.16. The van der Waals surface area contributed by atoms with Crippen molar-refractivity contribution < 1.29 is 22.7 Å². The SMILES string of the molecule is COC(=O)/C=C/c1c(C=O)n(S(=O)(=O)c2ccccc2)c2ccccc12. The summed E-state index contributed by atoms with van der Waals surface area (Å²) in [7, 11) is -2.76. The third-order valence-electron chi connectivity index (χ3n) is 3.89. The lowest BCUT2D eigenvalue weighted by Crippen LogP contribution is -2.15. The van der Waals surface area contributed by atoms with Crippen LogP contribution in [0.1, 0.15) is 16.1 Å². The molecular weight excluding hydrogens is 354 g/mol. The van der Waals surface area contributed by atoms with Gasteiger partial charge in [-0.2, -0.15) is 0 Å². The Morgan fingerprint density at radius 3 is 2.35 bits per heavy atom. The molecule has 0 radical (unpaired) electrons. The Bertz CT molecular complexity index is 1110. The van der Waals surface area contributed by atoms with Gasteiger partial charge in [-0.3, -0.25) is 4.79 Å². The number of esters is 1. The number of hydrogen-bond donors (Lipinski definition) is 0. The zero-order chi connectivity index (χ0) is 18.7. The smallest absolute Gasteiger partial charge is 0.330 e. The first-order valence-electron chi connectivity index (χ1n) is 7.66. The van der Waals surface area contributed by atoms with E-state index in [4.69, 9.17) is 0 Å². The number of aldehydes is 1. The van der Waals surface area contributed by atoms with Crippen LogP contribution >= 0.6 is 0 Å². The molecule has 1 aromatic heterocycles. The lowest BCUT2D eigenvalue weighted by atomic mass is 10.1. The topological polar surface area (TPSA) is 82.4 Å². The predicted octanol–water partition coefficient (Wildman–Crippen LogP) is 2.88. The van der Waals surface area contributed by atoms with Gasteiger partial charge in [0.1, 0.15) is 5.69 Å². The van der Waals surface area contributed by atoms with Crippen molar-refractivity contribution in [1.29, 1.82) is 0 Å². The Labute approximate surface area is 150 Å². The number of rotatable bonds is 5. The average Bonchev–Trinajstić information content (AvgIpc) is 3.00. The van der Waals surface area contributed by atoms with Crippen molar-refractivity contribution in [1.82, 2.24) is 3.97 Å². The summed E-state index contributed by atoms with van der Waals surface area (Å²) in [6.45, 7) is 0. The van der Waals surface area contributed by atoms with Crippen LogP contribution in [-0.4, -0.2) is 31.8 Å². The molecule has 2 aromatic carbocycles. The number of methoxy groups -OCH3 is 1. The van der Waals surface area contributed by atoms with E-state index >= 15 is 0 Å². The molecule has 0 saturated heterocycles. The van der Waals surface area contributed by atoms with Gasteiger partial charge in [0.15, 0.2) is 6.29 Å². The van der Waals surface area contributed by atoms with Crippen LogP contribution in [0.2, 0.25) is 0 Å². The number of hydrogen-bond acceptors (Lipinski definition) is 5. The van der Waals surface area contributed by atoms with Crippen LogP contribution in [-0.2, 0) is 19.6 Å². The Balaban J connectivity index is 2.35. The summed E-state index contributed by atoms with van der Waals surface area (Å²) < 4.78 is 31.8. The van der Waals surface area contributed by atoms with E-state index in [1.807, 2.05) is 0 Å². The number of para-hydroxylation sites is 1. The van der Waals surface area contributed by atoms with Gasteiger partial charge in [-0.15, -0.1) is 0 Å². The molecule has 0 unspecified atom stereocenters. The first kappa shape index (κ1) is 17.6. The molecule has 7 heteroatoms. The molecule has 6 nitrogen and oxygen atoms in total. The first-order chi connectivity index (χ1) is 12.5. The molecular formula is C19H15NO5S. The predicted molar refractivity (Wildman–Crippen MR) is 97.4 cm³/mol. The summed E-state index contributed by atoms with van der Waals surface area (Å²) in [5.74, 6) is -0.607. The molecule has 0 spiro atoms. The Hall–Kier alpha value is -3.19. The van der Waals surface area contributed by atoms with Gasteiger partial charge >= 0.3 is 5.97 Å². The lowest BCUT2D eigenvalue weighted by Gasteiger charge is -2.09. The Kier molecular flexibility index (Phi) is 4.73. The average molecular weight is 369 g/mol. The van der Waals surface area contributed by atoms with E-state index in [1.54, 1.807) is 42.5 Å². The molecule has 132 valence electrons. The minimum Gasteiger partial charge on any atom is -0.466 e. The number of carbonyl (C=O) groups excluding carboxylic acids is 2. The largest absolute Gasteiger partial charge is 0.466 e. The van der Waals surface area contributed by atoms with E-state index in [0.717, 1.165) is 10.0 Å². The number of ether oxygens (including phenoxy) is 1. The summed E-state index contributed by atoms with van der Waals surface area (Å²) >= 11 is 0. The van der Waals surface area contributed by atoms with Gasteiger partial charge in [0, 0.05) is 17.0 Å². The maximum Gasteiger partial charge on any atom is 0.330 e. The number of nitrogens with zero attached hydrogens (tertiary/aromatic N) is 1. The van der Waals surface area contributed by atoms with Crippen molar-refractivity contribution in [3.05, 3.63) is 71.9 Å². The fraction of sp³-hybridized carbons (Fsp3) is 0.0526. The molecule has 0 atom stereocenters. The van der Waals surface area contributed by atoms with Gasteiger partial charge in [0.05, 0.1) is 17.5 Å². The minimum atomic E-state index is -4.00. The number of fused-ring (bicyclic) bond motifs is 1. The van der Waals surface area contributed by atoms with Crippen LogP contribution in [0.3, 0.4) is 0 Å². The molecule has 1 heterocycles. The van der Waals surface area contributed by atoms with Gasteiger partial charge in [-0.1, -0.05) is 36.4 Å². The van der Waals surface area contributed by atoms with Crippen LogP contribution in [0.25, 0.3) is 17.0 Å². The standard InChI is InChI=1S/C19H15NO5S/c1-25-19(22)12-11-16-15-9-5-6-10-17(15)20(18(16)13-21)26(23,24)14-7-3-2-4-8-14/h2-13H,1H3/b12-11+. The molecule has 0 aliphatic rings. The van der Waals surface area contributed by atoms with Crippen molar-refractivity contribution >= 4 is 39.3 Å². The van der Waals surface area contributed by atoms with E-state index in [-0.39, 0.29) is 10.6 Å². The van der Waals surface area contributed by atoms with Crippen LogP contribution in [0.15, 0.2) is 65.6 Å². The van der Waals surface area contributed by atoms with Crippen LogP contribution in [0.4, 0.5) is 0 Å².